The Kier molecular flexibility index (Phi) is 6.71. The summed E-state index contributed by atoms with van der Waals surface area (Å²) in [6.45, 7) is 6.70. The summed E-state index contributed by atoms with van der Waals surface area (Å²) in [7, 11) is 0. The highest BCUT2D eigenvalue weighted by molar-refractivity contribution is 6.30. The number of aromatic nitrogens is 2. The molecule has 0 aliphatic heterocycles. The minimum atomic E-state index is 0.0974. The number of rotatable bonds is 8. The number of nitrogens with zero attached hydrogens (tertiary/aromatic N) is 2. The maximum atomic E-state index is 5.93. The summed E-state index contributed by atoms with van der Waals surface area (Å²) >= 11 is 5.93. The molecule has 0 saturated carbocycles. The molecule has 0 unspecified atom stereocenters. The normalized spacial score (nSPS) is 10.8. The van der Waals surface area contributed by atoms with Crippen LogP contribution in [0.1, 0.15) is 25.1 Å². The molecule has 2 aromatic carbocycles. The summed E-state index contributed by atoms with van der Waals surface area (Å²) in [5.41, 5.74) is 2.97. The molecule has 0 saturated heterocycles. The van der Waals surface area contributed by atoms with Gasteiger partial charge in [0.25, 0.3) is 0 Å². The van der Waals surface area contributed by atoms with Gasteiger partial charge in [0.2, 0.25) is 5.95 Å². The van der Waals surface area contributed by atoms with Crippen molar-refractivity contribution in [2.24, 2.45) is 0 Å². The van der Waals surface area contributed by atoms with Gasteiger partial charge in [0.1, 0.15) is 11.6 Å². The summed E-state index contributed by atoms with van der Waals surface area (Å²) in [5, 5.41) is 7.38. The molecule has 0 amide bonds. The van der Waals surface area contributed by atoms with Crippen LogP contribution >= 0.6 is 11.6 Å². The Bertz CT molecular complexity index is 913. The highest BCUT2D eigenvalue weighted by Crippen LogP contribution is 2.28. The zero-order chi connectivity index (χ0) is 19.9. The van der Waals surface area contributed by atoms with E-state index in [4.69, 9.17) is 16.3 Å². The first kappa shape index (κ1) is 20.0. The maximum Gasteiger partial charge on any atom is 0.224 e. The molecule has 5 nitrogen and oxygen atoms in total. The topological polar surface area (TPSA) is 59.1 Å². The average molecular weight is 397 g/mol. The van der Waals surface area contributed by atoms with Gasteiger partial charge in [-0.15, -0.1) is 0 Å². The fourth-order valence-corrected chi connectivity index (χ4v) is 2.87. The number of halogens is 1. The Labute approximate surface area is 171 Å². The van der Waals surface area contributed by atoms with Crippen LogP contribution in [0, 0.1) is 6.92 Å². The van der Waals surface area contributed by atoms with E-state index in [9.17, 15) is 0 Å². The molecular weight excluding hydrogens is 372 g/mol. The third-order valence-corrected chi connectivity index (χ3v) is 4.23. The number of ether oxygens (including phenoxy) is 1. The number of aryl methyl sites for hydroxylation is 1. The number of nitrogens with one attached hydrogen (secondary N) is 2. The van der Waals surface area contributed by atoms with Crippen LogP contribution in [-0.4, -0.2) is 22.6 Å². The lowest BCUT2D eigenvalue weighted by Crippen LogP contribution is -2.10. The first-order chi connectivity index (χ1) is 13.5. The molecule has 6 heteroatoms. The van der Waals surface area contributed by atoms with Gasteiger partial charge in [-0.25, -0.2) is 4.98 Å². The second-order valence-electron chi connectivity index (χ2n) is 6.81. The van der Waals surface area contributed by atoms with Crippen molar-refractivity contribution in [3.8, 4) is 5.75 Å². The Balaban J connectivity index is 1.67. The van der Waals surface area contributed by atoms with Crippen LogP contribution in [-0.2, 0) is 6.42 Å². The highest BCUT2D eigenvalue weighted by atomic mass is 35.5. The summed E-state index contributed by atoms with van der Waals surface area (Å²) < 4.78 is 5.87. The van der Waals surface area contributed by atoms with Gasteiger partial charge < -0.3 is 15.4 Å². The van der Waals surface area contributed by atoms with Crippen molar-refractivity contribution in [3.05, 3.63) is 70.9 Å². The monoisotopic (exact) mass is 396 g/mol. The zero-order valence-electron chi connectivity index (χ0n) is 16.4. The van der Waals surface area contributed by atoms with Crippen LogP contribution in [0.3, 0.4) is 0 Å². The van der Waals surface area contributed by atoms with Gasteiger partial charge >= 0.3 is 0 Å². The van der Waals surface area contributed by atoms with Crippen molar-refractivity contribution in [1.82, 2.24) is 9.97 Å². The van der Waals surface area contributed by atoms with E-state index in [2.05, 4.69) is 20.6 Å². The van der Waals surface area contributed by atoms with Gasteiger partial charge in [0.15, 0.2) is 0 Å². The highest BCUT2D eigenvalue weighted by Gasteiger charge is 2.08. The fraction of sp³-hybridized carbons (Fsp3) is 0.273. The van der Waals surface area contributed by atoms with Crippen LogP contribution in [0.25, 0.3) is 0 Å². The summed E-state index contributed by atoms with van der Waals surface area (Å²) in [6, 6.07) is 17.6. The maximum absolute atomic E-state index is 5.93. The Morgan fingerprint density at radius 1 is 1.04 bits per heavy atom. The van der Waals surface area contributed by atoms with Crippen LogP contribution < -0.4 is 15.4 Å². The van der Waals surface area contributed by atoms with Crippen molar-refractivity contribution < 1.29 is 4.74 Å². The molecule has 0 radical (unpaired) electrons. The molecule has 0 aliphatic carbocycles. The van der Waals surface area contributed by atoms with Crippen LogP contribution in [0.4, 0.5) is 17.5 Å². The van der Waals surface area contributed by atoms with Crippen molar-refractivity contribution >= 4 is 29.1 Å². The lowest BCUT2D eigenvalue weighted by molar-refractivity contribution is 0.244. The van der Waals surface area contributed by atoms with E-state index >= 15 is 0 Å². The van der Waals surface area contributed by atoms with Crippen molar-refractivity contribution in [2.75, 3.05) is 17.2 Å². The molecule has 1 heterocycles. The lowest BCUT2D eigenvalue weighted by Gasteiger charge is -2.15. The van der Waals surface area contributed by atoms with Gasteiger partial charge in [0.05, 0.1) is 11.8 Å². The third kappa shape index (κ3) is 5.86. The first-order valence-corrected chi connectivity index (χ1v) is 9.74. The number of para-hydroxylation sites is 2. The number of benzene rings is 2. The van der Waals surface area contributed by atoms with Gasteiger partial charge in [0, 0.05) is 23.3 Å². The number of hydrogen-bond acceptors (Lipinski definition) is 5. The smallest absolute Gasteiger partial charge is 0.224 e. The Morgan fingerprint density at radius 2 is 1.79 bits per heavy atom. The molecule has 2 N–H and O–H groups in total. The van der Waals surface area contributed by atoms with Crippen LogP contribution in [0.2, 0.25) is 5.02 Å². The van der Waals surface area contributed by atoms with E-state index < -0.39 is 0 Å². The predicted molar refractivity (Wildman–Crippen MR) is 116 cm³/mol. The Morgan fingerprint density at radius 3 is 2.54 bits per heavy atom. The SMILES string of the molecule is Cc1cc(Nc2ccccc2OC(C)C)nc(NCCc2ccc(Cl)cc2)n1. The van der Waals surface area contributed by atoms with Gasteiger partial charge in [-0.05, 0) is 57.0 Å². The summed E-state index contributed by atoms with van der Waals surface area (Å²) in [4.78, 5) is 9.06. The second kappa shape index (κ2) is 9.42. The van der Waals surface area contributed by atoms with Crippen LogP contribution in [0.5, 0.6) is 5.75 Å². The quantitative estimate of drug-likeness (QED) is 0.517. The molecule has 0 atom stereocenters. The molecule has 0 aliphatic rings. The fourth-order valence-electron chi connectivity index (χ4n) is 2.75. The average Bonchev–Trinajstić information content (AvgIpc) is 2.64. The number of hydrogen-bond donors (Lipinski definition) is 2. The molecule has 0 bridgehead atoms. The largest absolute Gasteiger partial charge is 0.489 e. The minimum absolute atomic E-state index is 0.0974. The van der Waals surface area contributed by atoms with Crippen molar-refractivity contribution in [3.63, 3.8) is 0 Å². The molecule has 3 rings (SSSR count). The standard InChI is InChI=1S/C22H25ClN4O/c1-15(2)28-20-7-5-4-6-19(20)26-21-14-16(3)25-22(27-21)24-13-12-17-8-10-18(23)11-9-17/h4-11,14-15H,12-13H2,1-3H3,(H2,24,25,26,27). The molecular formula is C22H25ClN4O. The van der Waals surface area contributed by atoms with Gasteiger partial charge in [-0.3, -0.25) is 0 Å². The van der Waals surface area contributed by atoms with Crippen LogP contribution in [0.15, 0.2) is 54.6 Å². The van der Waals surface area contributed by atoms with Crippen molar-refractivity contribution in [1.29, 1.82) is 0 Å². The van der Waals surface area contributed by atoms with E-state index in [0.717, 1.165) is 40.9 Å². The molecule has 0 spiro atoms. The molecule has 3 aromatic rings. The van der Waals surface area contributed by atoms with Gasteiger partial charge in [-0.2, -0.15) is 4.98 Å². The first-order valence-electron chi connectivity index (χ1n) is 9.36. The molecule has 146 valence electrons. The molecule has 28 heavy (non-hydrogen) atoms. The van der Waals surface area contributed by atoms with Crippen molar-refractivity contribution in [2.45, 2.75) is 33.3 Å². The third-order valence-electron chi connectivity index (χ3n) is 3.98. The minimum Gasteiger partial charge on any atom is -0.489 e. The van der Waals surface area contributed by atoms with E-state index in [1.807, 2.05) is 75.4 Å². The van der Waals surface area contributed by atoms with E-state index in [1.165, 1.54) is 5.56 Å². The van der Waals surface area contributed by atoms with E-state index in [-0.39, 0.29) is 6.10 Å². The predicted octanol–water partition coefficient (Wildman–Crippen LogP) is 5.62. The van der Waals surface area contributed by atoms with Gasteiger partial charge in [-0.1, -0.05) is 35.9 Å². The molecule has 1 aromatic heterocycles. The summed E-state index contributed by atoms with van der Waals surface area (Å²) in [5.74, 6) is 2.12. The summed E-state index contributed by atoms with van der Waals surface area (Å²) in [6.07, 6.45) is 0.961. The van der Waals surface area contributed by atoms with E-state index in [0.29, 0.717) is 5.95 Å². The van der Waals surface area contributed by atoms with E-state index in [1.54, 1.807) is 0 Å². The second-order valence-corrected chi connectivity index (χ2v) is 7.25. The molecule has 0 fully saturated rings. The Hall–Kier alpha value is -2.79. The lowest BCUT2D eigenvalue weighted by atomic mass is 10.1. The zero-order valence-corrected chi connectivity index (χ0v) is 17.1. The number of anilines is 3.